The fourth-order valence-corrected chi connectivity index (χ4v) is 8.58. The average molecular weight is 424 g/mol. The number of hydrogen-bond donors (Lipinski definition) is 2. The van der Waals surface area contributed by atoms with Gasteiger partial charge in [0, 0.05) is 36.6 Å². The minimum Gasteiger partial charge on any atom is -0.504 e. The lowest BCUT2D eigenvalue weighted by Crippen LogP contribution is -2.80. The highest BCUT2D eigenvalue weighted by atomic mass is 16.6. The highest BCUT2D eigenvalue weighted by molar-refractivity contribution is 5.65. The zero-order valence-electron chi connectivity index (χ0n) is 18.7. The second kappa shape index (κ2) is 5.49. The topological polar surface area (TPSA) is 62.2 Å². The van der Waals surface area contributed by atoms with Crippen LogP contribution in [0.5, 0.6) is 11.5 Å². The van der Waals surface area contributed by atoms with E-state index >= 15 is 0 Å². The van der Waals surface area contributed by atoms with Crippen molar-refractivity contribution in [2.75, 3.05) is 20.2 Å². The van der Waals surface area contributed by atoms with Gasteiger partial charge in [0.25, 0.3) is 0 Å². The van der Waals surface area contributed by atoms with Crippen LogP contribution in [0.15, 0.2) is 24.3 Å². The van der Waals surface area contributed by atoms with Crippen LogP contribution in [-0.2, 0) is 16.6 Å². The smallest absolute Gasteiger partial charge is 0.165 e. The van der Waals surface area contributed by atoms with E-state index in [1.165, 1.54) is 30.5 Å². The Bertz CT molecular complexity index is 1010. The van der Waals surface area contributed by atoms with Crippen LogP contribution in [0.2, 0.25) is 0 Å². The molecule has 4 bridgehead atoms. The summed E-state index contributed by atoms with van der Waals surface area (Å²) >= 11 is 0. The van der Waals surface area contributed by atoms with Crippen molar-refractivity contribution in [2.24, 2.45) is 17.3 Å². The van der Waals surface area contributed by atoms with Crippen LogP contribution in [-0.4, -0.2) is 58.7 Å². The van der Waals surface area contributed by atoms with Crippen molar-refractivity contribution in [2.45, 2.75) is 74.7 Å². The number of phenols is 1. The molecule has 2 heterocycles. The number of nitrogens with zero attached hydrogens (tertiary/aromatic N) is 1. The zero-order chi connectivity index (χ0) is 21.4. The monoisotopic (exact) mass is 423 g/mol. The minimum atomic E-state index is -0.897. The summed E-state index contributed by atoms with van der Waals surface area (Å²) in [5.41, 5.74) is 0.654. The van der Waals surface area contributed by atoms with Crippen molar-refractivity contribution in [1.29, 1.82) is 0 Å². The van der Waals surface area contributed by atoms with E-state index < -0.39 is 11.2 Å². The first kappa shape index (κ1) is 19.0. The number of hydrogen-bond acceptors (Lipinski definition) is 5. The first-order chi connectivity index (χ1) is 14.8. The Morgan fingerprint density at radius 2 is 2.06 bits per heavy atom. The van der Waals surface area contributed by atoms with Crippen molar-refractivity contribution in [3.05, 3.63) is 35.4 Å². The first-order valence-electron chi connectivity index (χ1n) is 12.0. The van der Waals surface area contributed by atoms with Gasteiger partial charge in [-0.1, -0.05) is 18.2 Å². The highest BCUT2D eigenvalue weighted by Crippen LogP contribution is 2.75. The quantitative estimate of drug-likeness (QED) is 0.729. The summed E-state index contributed by atoms with van der Waals surface area (Å²) in [6.07, 6.45) is 10.0. The lowest BCUT2D eigenvalue weighted by Gasteiger charge is -2.72. The summed E-state index contributed by atoms with van der Waals surface area (Å²) in [5.74, 6) is 1.68. The number of rotatable bonds is 4. The summed E-state index contributed by atoms with van der Waals surface area (Å²) < 4.78 is 13.1. The Labute approximate surface area is 184 Å². The Kier molecular flexibility index (Phi) is 3.36. The molecule has 0 amide bonds. The number of aromatic hydroxyl groups is 1. The molecule has 5 aliphatic carbocycles. The van der Waals surface area contributed by atoms with Gasteiger partial charge in [-0.25, -0.2) is 0 Å². The molecule has 0 radical (unpaired) electrons. The van der Waals surface area contributed by atoms with E-state index in [1.54, 1.807) is 7.11 Å². The summed E-state index contributed by atoms with van der Waals surface area (Å²) in [5, 5.41) is 22.1. The standard InChI is InChI=1S/C26H33NO4/c1-23(2,29)18-13-24-8-9-26(18,30-3)22-25(24)10-11-27(14-15-4-5-15)19(24)12-16-6-7-17(28)21(31-22)20(16)25/h6-9,15,18-19,22,28-29H,4-5,10-14H2,1-3H3/t18-,19?,22?,24?,25+,26+/m1/s1. The Morgan fingerprint density at radius 3 is 2.77 bits per heavy atom. The maximum Gasteiger partial charge on any atom is 0.165 e. The molecule has 166 valence electrons. The van der Waals surface area contributed by atoms with Crippen molar-refractivity contribution in [3.63, 3.8) is 0 Å². The molecule has 1 aromatic carbocycles. The van der Waals surface area contributed by atoms with Crippen LogP contribution < -0.4 is 4.74 Å². The van der Waals surface area contributed by atoms with Crippen molar-refractivity contribution < 1.29 is 19.7 Å². The van der Waals surface area contributed by atoms with E-state index in [4.69, 9.17) is 9.47 Å². The molecular weight excluding hydrogens is 390 g/mol. The minimum absolute atomic E-state index is 0.0745. The number of methoxy groups -OCH3 is 1. The highest BCUT2D eigenvalue weighted by Gasteiger charge is 2.80. The Morgan fingerprint density at radius 1 is 1.26 bits per heavy atom. The van der Waals surface area contributed by atoms with Gasteiger partial charge in [0.1, 0.15) is 11.7 Å². The van der Waals surface area contributed by atoms with Crippen LogP contribution in [0.3, 0.4) is 0 Å². The molecule has 31 heavy (non-hydrogen) atoms. The van der Waals surface area contributed by atoms with Gasteiger partial charge in [0.2, 0.25) is 0 Å². The molecule has 1 saturated heterocycles. The first-order valence-corrected chi connectivity index (χ1v) is 12.0. The molecule has 1 aromatic rings. The molecule has 6 atom stereocenters. The number of benzene rings is 1. The maximum atomic E-state index is 11.3. The van der Waals surface area contributed by atoms with E-state index in [0.717, 1.165) is 31.7 Å². The van der Waals surface area contributed by atoms with Crippen LogP contribution in [0, 0.1) is 17.3 Å². The average Bonchev–Trinajstić information content (AvgIpc) is 3.47. The predicted octanol–water partition coefficient (Wildman–Crippen LogP) is 3.16. The fourth-order valence-electron chi connectivity index (χ4n) is 8.58. The molecule has 7 aliphatic rings. The summed E-state index contributed by atoms with van der Waals surface area (Å²) in [6.45, 7) is 6.09. The molecule has 3 unspecified atom stereocenters. The molecular formula is C26H33NO4. The van der Waals surface area contributed by atoms with Gasteiger partial charge in [-0.3, -0.25) is 4.90 Å². The third-order valence-electron chi connectivity index (χ3n) is 9.96. The second-order valence-electron chi connectivity index (χ2n) is 11.7. The van der Waals surface area contributed by atoms with Gasteiger partial charge in [-0.2, -0.15) is 0 Å². The van der Waals surface area contributed by atoms with E-state index in [-0.39, 0.29) is 28.6 Å². The molecule has 2 saturated carbocycles. The Balaban J connectivity index is 1.51. The van der Waals surface area contributed by atoms with Crippen LogP contribution in [0.25, 0.3) is 0 Å². The number of fused-ring (bicyclic) bond motifs is 1. The van der Waals surface area contributed by atoms with Gasteiger partial charge in [-0.15, -0.1) is 0 Å². The van der Waals surface area contributed by atoms with Gasteiger partial charge in [-0.05, 0) is 70.0 Å². The molecule has 5 heteroatoms. The van der Waals surface area contributed by atoms with E-state index in [9.17, 15) is 10.2 Å². The Hall–Kier alpha value is -1.56. The van der Waals surface area contributed by atoms with E-state index in [2.05, 4.69) is 23.1 Å². The number of likely N-dealkylation sites (tertiary alicyclic amines) is 1. The van der Waals surface area contributed by atoms with Crippen LogP contribution in [0.1, 0.15) is 50.7 Å². The molecule has 0 aromatic heterocycles. The lowest BCUT2D eigenvalue weighted by atomic mass is 9.36. The van der Waals surface area contributed by atoms with Crippen LogP contribution in [0.4, 0.5) is 0 Å². The lowest BCUT2D eigenvalue weighted by molar-refractivity contribution is -0.245. The number of phenolic OH excluding ortho intramolecular Hbond substituents is 1. The number of aliphatic hydroxyl groups is 1. The van der Waals surface area contributed by atoms with Gasteiger partial charge in [0.05, 0.1) is 11.0 Å². The van der Waals surface area contributed by atoms with Crippen molar-refractivity contribution >= 4 is 0 Å². The van der Waals surface area contributed by atoms with Crippen molar-refractivity contribution in [3.8, 4) is 11.5 Å². The second-order valence-corrected chi connectivity index (χ2v) is 11.7. The van der Waals surface area contributed by atoms with Gasteiger partial charge in [0.15, 0.2) is 11.5 Å². The third-order valence-corrected chi connectivity index (χ3v) is 9.96. The molecule has 5 nitrogen and oxygen atoms in total. The fraction of sp³-hybridized carbons (Fsp3) is 0.692. The van der Waals surface area contributed by atoms with Gasteiger partial charge < -0.3 is 19.7 Å². The molecule has 2 aliphatic heterocycles. The summed E-state index contributed by atoms with van der Waals surface area (Å²) in [4.78, 5) is 2.75. The maximum absolute atomic E-state index is 11.3. The third kappa shape index (κ3) is 1.97. The van der Waals surface area contributed by atoms with Crippen molar-refractivity contribution in [1.82, 2.24) is 4.90 Å². The number of piperidine rings is 1. The molecule has 2 spiro atoms. The SMILES string of the molecule is CO[C@@]12C=CC3(C[C@@H]1C(C)(C)O)C1Cc4ccc(O)c5c4[C@@]3(CCN1CC1CC1)C2O5. The normalized spacial score (nSPS) is 44.3. The summed E-state index contributed by atoms with van der Waals surface area (Å²) in [7, 11) is 1.76. The van der Waals surface area contributed by atoms with E-state index in [0.29, 0.717) is 11.8 Å². The van der Waals surface area contributed by atoms with Gasteiger partial charge >= 0.3 is 0 Å². The molecule has 8 rings (SSSR count). The molecule has 2 N–H and O–H groups in total. The number of ether oxygens (including phenoxy) is 2. The van der Waals surface area contributed by atoms with E-state index in [1.807, 2.05) is 19.9 Å². The predicted molar refractivity (Wildman–Crippen MR) is 116 cm³/mol. The zero-order valence-corrected chi connectivity index (χ0v) is 18.7. The largest absolute Gasteiger partial charge is 0.504 e. The summed E-state index contributed by atoms with van der Waals surface area (Å²) in [6, 6.07) is 4.33. The van der Waals surface area contributed by atoms with Crippen LogP contribution >= 0.6 is 0 Å². The molecule has 3 fully saturated rings.